The molecule has 0 spiro atoms. The first-order valence-corrected chi connectivity index (χ1v) is 8.68. The zero-order valence-electron chi connectivity index (χ0n) is 14.4. The van der Waals surface area contributed by atoms with Gasteiger partial charge in [-0.2, -0.15) is 0 Å². The number of aromatic nitrogens is 2. The van der Waals surface area contributed by atoms with Gasteiger partial charge >= 0.3 is 0 Å². The van der Waals surface area contributed by atoms with Gasteiger partial charge < -0.3 is 19.7 Å². The quantitative estimate of drug-likeness (QED) is 0.704. The van der Waals surface area contributed by atoms with Crippen molar-refractivity contribution in [3.63, 3.8) is 0 Å². The Morgan fingerprint density at radius 1 is 1.25 bits per heavy atom. The largest absolute Gasteiger partial charge is 0.383 e. The molecule has 2 aromatic heterocycles. The SMILES string of the molecule is COCCN(CCOC)C(=O)CCNc1ncnc2sc(C)cc12. The summed E-state index contributed by atoms with van der Waals surface area (Å²) in [5, 5.41) is 4.25. The second-order valence-corrected chi connectivity index (χ2v) is 6.58. The van der Waals surface area contributed by atoms with Crippen molar-refractivity contribution in [2.24, 2.45) is 0 Å². The number of hydrogen-bond acceptors (Lipinski definition) is 7. The molecular formula is C16H24N4O3S. The van der Waals surface area contributed by atoms with Crippen LogP contribution in [0.5, 0.6) is 0 Å². The third kappa shape index (κ3) is 5.12. The third-order valence-electron chi connectivity index (χ3n) is 3.57. The highest BCUT2D eigenvalue weighted by molar-refractivity contribution is 7.18. The van der Waals surface area contributed by atoms with Gasteiger partial charge in [0.2, 0.25) is 5.91 Å². The third-order valence-corrected chi connectivity index (χ3v) is 4.53. The number of hydrogen-bond donors (Lipinski definition) is 1. The molecule has 8 heteroatoms. The number of amides is 1. The van der Waals surface area contributed by atoms with Crippen LogP contribution < -0.4 is 5.32 Å². The summed E-state index contributed by atoms with van der Waals surface area (Å²) in [7, 11) is 3.26. The van der Waals surface area contributed by atoms with E-state index in [-0.39, 0.29) is 5.91 Å². The number of methoxy groups -OCH3 is 2. The maximum Gasteiger partial charge on any atom is 0.224 e. The monoisotopic (exact) mass is 352 g/mol. The van der Waals surface area contributed by atoms with Crippen molar-refractivity contribution in [2.75, 3.05) is 52.4 Å². The summed E-state index contributed by atoms with van der Waals surface area (Å²) in [6.45, 7) is 4.74. The van der Waals surface area contributed by atoms with E-state index in [1.807, 2.05) is 6.92 Å². The van der Waals surface area contributed by atoms with Crippen LogP contribution in [-0.2, 0) is 14.3 Å². The molecular weight excluding hydrogens is 328 g/mol. The van der Waals surface area contributed by atoms with Crippen molar-refractivity contribution in [1.29, 1.82) is 0 Å². The standard InChI is InChI=1S/C16H24N4O3S/c1-12-10-13-15(18-11-19-16(13)24-12)17-5-4-14(21)20(6-8-22-2)7-9-23-3/h10-11H,4-9H2,1-3H3,(H,17,18,19). The Morgan fingerprint density at radius 2 is 1.96 bits per heavy atom. The molecule has 0 aliphatic heterocycles. The van der Waals surface area contributed by atoms with E-state index in [0.717, 1.165) is 16.0 Å². The average molecular weight is 352 g/mol. The molecule has 0 bridgehead atoms. The number of thiophene rings is 1. The van der Waals surface area contributed by atoms with E-state index in [1.165, 1.54) is 4.88 Å². The molecule has 0 fully saturated rings. The molecule has 0 aliphatic carbocycles. The number of aryl methyl sites for hydroxylation is 1. The fourth-order valence-electron chi connectivity index (χ4n) is 2.33. The van der Waals surface area contributed by atoms with Gasteiger partial charge in [-0.15, -0.1) is 11.3 Å². The van der Waals surface area contributed by atoms with Crippen LogP contribution >= 0.6 is 11.3 Å². The van der Waals surface area contributed by atoms with Gasteiger partial charge in [0.05, 0.1) is 18.6 Å². The van der Waals surface area contributed by atoms with Crippen LogP contribution in [0.15, 0.2) is 12.4 Å². The first-order chi connectivity index (χ1) is 11.7. The number of anilines is 1. The van der Waals surface area contributed by atoms with Crippen LogP contribution in [0.3, 0.4) is 0 Å². The second-order valence-electron chi connectivity index (χ2n) is 5.34. The predicted molar refractivity (Wildman–Crippen MR) is 95.6 cm³/mol. The summed E-state index contributed by atoms with van der Waals surface area (Å²) in [5.74, 6) is 0.848. The molecule has 0 saturated heterocycles. The van der Waals surface area contributed by atoms with Crippen molar-refractivity contribution in [1.82, 2.24) is 14.9 Å². The van der Waals surface area contributed by atoms with Crippen molar-refractivity contribution >= 4 is 33.3 Å². The first kappa shape index (κ1) is 18.6. The van der Waals surface area contributed by atoms with Crippen molar-refractivity contribution in [2.45, 2.75) is 13.3 Å². The molecule has 2 aromatic rings. The first-order valence-electron chi connectivity index (χ1n) is 7.86. The summed E-state index contributed by atoms with van der Waals surface area (Å²) >= 11 is 1.64. The van der Waals surface area contributed by atoms with Crippen LogP contribution in [-0.4, -0.2) is 67.8 Å². The summed E-state index contributed by atoms with van der Waals surface area (Å²) in [6, 6.07) is 2.06. The number of fused-ring (bicyclic) bond motifs is 1. The van der Waals surface area contributed by atoms with Crippen LogP contribution in [0.1, 0.15) is 11.3 Å². The van der Waals surface area contributed by atoms with Crippen molar-refractivity contribution in [3.8, 4) is 0 Å². The van der Waals surface area contributed by atoms with E-state index in [4.69, 9.17) is 9.47 Å². The summed E-state index contributed by atoms with van der Waals surface area (Å²) < 4.78 is 10.1. The molecule has 0 unspecified atom stereocenters. The van der Waals surface area contributed by atoms with Gasteiger partial charge in [-0.1, -0.05) is 0 Å². The lowest BCUT2D eigenvalue weighted by molar-refractivity contribution is -0.132. The predicted octanol–water partition coefficient (Wildman–Crippen LogP) is 1.92. The smallest absolute Gasteiger partial charge is 0.224 e. The Hall–Kier alpha value is -1.77. The number of nitrogens with one attached hydrogen (secondary N) is 1. The van der Waals surface area contributed by atoms with E-state index in [0.29, 0.717) is 39.3 Å². The zero-order valence-corrected chi connectivity index (χ0v) is 15.2. The molecule has 2 rings (SSSR count). The fraction of sp³-hybridized carbons (Fsp3) is 0.562. The van der Waals surface area contributed by atoms with E-state index in [1.54, 1.807) is 36.8 Å². The van der Waals surface area contributed by atoms with E-state index < -0.39 is 0 Å². The Kier molecular flexibility index (Phi) is 7.36. The fourth-order valence-corrected chi connectivity index (χ4v) is 3.17. The minimum absolute atomic E-state index is 0.0726. The highest BCUT2D eigenvalue weighted by Crippen LogP contribution is 2.27. The van der Waals surface area contributed by atoms with E-state index >= 15 is 0 Å². The Bertz CT molecular complexity index is 654. The molecule has 0 saturated carbocycles. The number of rotatable bonds is 10. The van der Waals surface area contributed by atoms with Crippen molar-refractivity contribution < 1.29 is 14.3 Å². The Balaban J connectivity index is 1.89. The average Bonchev–Trinajstić information content (AvgIpc) is 2.96. The number of carbonyl (C=O) groups excluding carboxylic acids is 1. The minimum Gasteiger partial charge on any atom is -0.383 e. The number of nitrogens with zero attached hydrogens (tertiary/aromatic N) is 3. The summed E-state index contributed by atoms with van der Waals surface area (Å²) in [5.41, 5.74) is 0. The molecule has 1 N–H and O–H groups in total. The molecule has 7 nitrogen and oxygen atoms in total. The van der Waals surface area contributed by atoms with Gasteiger partial charge in [0.1, 0.15) is 17.0 Å². The highest BCUT2D eigenvalue weighted by atomic mass is 32.1. The maximum atomic E-state index is 12.4. The van der Waals surface area contributed by atoms with Gasteiger partial charge in [-0.05, 0) is 13.0 Å². The zero-order chi connectivity index (χ0) is 17.4. The Labute approximate surface area is 146 Å². The van der Waals surface area contributed by atoms with E-state index in [2.05, 4.69) is 21.4 Å². The van der Waals surface area contributed by atoms with E-state index in [9.17, 15) is 4.79 Å². The molecule has 0 aromatic carbocycles. The molecule has 132 valence electrons. The maximum absolute atomic E-state index is 12.4. The molecule has 2 heterocycles. The summed E-state index contributed by atoms with van der Waals surface area (Å²) in [6.07, 6.45) is 1.94. The van der Waals surface area contributed by atoms with Crippen LogP contribution in [0.2, 0.25) is 0 Å². The number of carbonyl (C=O) groups is 1. The van der Waals surface area contributed by atoms with Crippen LogP contribution in [0, 0.1) is 6.92 Å². The van der Waals surface area contributed by atoms with Gasteiger partial charge in [0.15, 0.2) is 0 Å². The second kappa shape index (κ2) is 9.51. The lowest BCUT2D eigenvalue weighted by Gasteiger charge is -2.22. The van der Waals surface area contributed by atoms with Gasteiger partial charge in [0, 0.05) is 45.2 Å². The van der Waals surface area contributed by atoms with Crippen LogP contribution in [0.25, 0.3) is 10.2 Å². The normalized spacial score (nSPS) is 11.0. The van der Waals surface area contributed by atoms with Crippen LogP contribution in [0.4, 0.5) is 5.82 Å². The summed E-state index contributed by atoms with van der Waals surface area (Å²) in [4.78, 5) is 24.8. The lowest BCUT2D eigenvalue weighted by Crippen LogP contribution is -2.37. The van der Waals surface area contributed by atoms with Crippen molar-refractivity contribution in [3.05, 3.63) is 17.3 Å². The van der Waals surface area contributed by atoms with Gasteiger partial charge in [-0.3, -0.25) is 4.79 Å². The molecule has 1 amide bonds. The topological polar surface area (TPSA) is 76.6 Å². The molecule has 0 radical (unpaired) electrons. The lowest BCUT2D eigenvalue weighted by atomic mass is 10.3. The highest BCUT2D eigenvalue weighted by Gasteiger charge is 2.13. The molecule has 0 aliphatic rings. The van der Waals surface area contributed by atoms with Gasteiger partial charge in [-0.25, -0.2) is 9.97 Å². The van der Waals surface area contributed by atoms with Gasteiger partial charge in [0.25, 0.3) is 0 Å². The minimum atomic E-state index is 0.0726. The number of ether oxygens (including phenoxy) is 2. The molecule has 24 heavy (non-hydrogen) atoms. The Morgan fingerprint density at radius 3 is 2.62 bits per heavy atom. The molecule has 0 atom stereocenters.